The standard InChI is InChI=1S/C14H19BrN2O3S/c15-11-5-6-13(12(16)9-11)21(19,20)10-14(18)17-7-3-1-2-4-8-17/h5-6,9H,1-4,7-8,10,16H2. The molecule has 2 rings (SSSR count). The zero-order chi connectivity index (χ0) is 15.5. The number of halogens is 1. The summed E-state index contributed by atoms with van der Waals surface area (Å²) in [7, 11) is -3.71. The number of carbonyl (C=O) groups is 1. The van der Waals surface area contributed by atoms with Gasteiger partial charge in [0.15, 0.2) is 9.84 Å². The Morgan fingerprint density at radius 3 is 2.38 bits per heavy atom. The number of hydrogen-bond donors (Lipinski definition) is 1. The van der Waals surface area contributed by atoms with Gasteiger partial charge in [0.1, 0.15) is 5.75 Å². The lowest BCUT2D eigenvalue weighted by Gasteiger charge is -2.20. The molecule has 21 heavy (non-hydrogen) atoms. The average molecular weight is 375 g/mol. The molecule has 2 N–H and O–H groups in total. The number of carbonyl (C=O) groups excluding carboxylic acids is 1. The van der Waals surface area contributed by atoms with Gasteiger partial charge < -0.3 is 10.6 Å². The van der Waals surface area contributed by atoms with Gasteiger partial charge in [-0.15, -0.1) is 0 Å². The van der Waals surface area contributed by atoms with Gasteiger partial charge >= 0.3 is 0 Å². The van der Waals surface area contributed by atoms with Crippen molar-refractivity contribution in [2.24, 2.45) is 0 Å². The Labute approximate surface area is 133 Å². The van der Waals surface area contributed by atoms with Crippen LogP contribution < -0.4 is 5.73 Å². The number of benzene rings is 1. The summed E-state index contributed by atoms with van der Waals surface area (Å²) in [6, 6.07) is 4.58. The predicted octanol–water partition coefficient (Wildman–Crippen LogP) is 2.21. The summed E-state index contributed by atoms with van der Waals surface area (Å²) in [4.78, 5) is 13.9. The Morgan fingerprint density at radius 1 is 1.19 bits per heavy atom. The van der Waals surface area contributed by atoms with E-state index in [4.69, 9.17) is 5.73 Å². The number of nitrogens with two attached hydrogens (primary N) is 1. The normalized spacial score (nSPS) is 16.5. The first-order valence-electron chi connectivity index (χ1n) is 6.96. The lowest BCUT2D eigenvalue weighted by molar-refractivity contribution is -0.128. The second-order valence-corrected chi connectivity index (χ2v) is 8.11. The number of likely N-dealkylation sites (tertiary alicyclic amines) is 1. The zero-order valence-corrected chi connectivity index (χ0v) is 14.1. The van der Waals surface area contributed by atoms with Crippen LogP contribution in [0.3, 0.4) is 0 Å². The van der Waals surface area contributed by atoms with Crippen LogP contribution in [0.15, 0.2) is 27.6 Å². The van der Waals surface area contributed by atoms with Crippen molar-refractivity contribution in [2.45, 2.75) is 30.6 Å². The molecule has 0 unspecified atom stereocenters. The summed E-state index contributed by atoms with van der Waals surface area (Å²) in [6.45, 7) is 1.29. The fourth-order valence-corrected chi connectivity index (χ4v) is 4.19. The molecule has 0 saturated carbocycles. The summed E-state index contributed by atoms with van der Waals surface area (Å²) in [5, 5.41) is 0. The van der Waals surface area contributed by atoms with E-state index >= 15 is 0 Å². The minimum absolute atomic E-state index is 0.0221. The van der Waals surface area contributed by atoms with Crippen molar-refractivity contribution in [1.29, 1.82) is 0 Å². The molecule has 0 atom stereocenters. The summed E-state index contributed by atoms with van der Waals surface area (Å²) < 4.78 is 25.4. The van der Waals surface area contributed by atoms with Crippen LogP contribution in [0.4, 0.5) is 5.69 Å². The molecule has 1 aromatic carbocycles. The van der Waals surface area contributed by atoms with Crippen molar-refractivity contribution < 1.29 is 13.2 Å². The van der Waals surface area contributed by atoms with E-state index < -0.39 is 15.6 Å². The highest BCUT2D eigenvalue weighted by Gasteiger charge is 2.25. The lowest BCUT2D eigenvalue weighted by Crippen LogP contribution is -2.36. The number of rotatable bonds is 3. The van der Waals surface area contributed by atoms with Crippen molar-refractivity contribution >= 4 is 37.4 Å². The Bertz CT molecular complexity index is 623. The van der Waals surface area contributed by atoms with E-state index in [0.29, 0.717) is 17.6 Å². The number of anilines is 1. The molecule has 1 aromatic rings. The van der Waals surface area contributed by atoms with Crippen LogP contribution in [0, 0.1) is 0 Å². The summed E-state index contributed by atoms with van der Waals surface area (Å²) >= 11 is 3.24. The highest BCUT2D eigenvalue weighted by atomic mass is 79.9. The van der Waals surface area contributed by atoms with Crippen molar-refractivity contribution in [1.82, 2.24) is 4.90 Å². The van der Waals surface area contributed by atoms with Crippen LogP contribution in [0.25, 0.3) is 0 Å². The van der Waals surface area contributed by atoms with Gasteiger partial charge in [-0.1, -0.05) is 28.8 Å². The molecule has 0 radical (unpaired) electrons. The molecule has 116 valence electrons. The predicted molar refractivity (Wildman–Crippen MR) is 85.7 cm³/mol. The van der Waals surface area contributed by atoms with Gasteiger partial charge in [-0.2, -0.15) is 0 Å². The first kappa shape index (κ1) is 16.3. The Hall–Kier alpha value is -1.08. The van der Waals surface area contributed by atoms with E-state index in [0.717, 1.165) is 25.7 Å². The van der Waals surface area contributed by atoms with Crippen LogP contribution >= 0.6 is 15.9 Å². The van der Waals surface area contributed by atoms with Crippen LogP contribution in [-0.2, 0) is 14.6 Å². The van der Waals surface area contributed by atoms with Crippen LogP contribution in [0.5, 0.6) is 0 Å². The largest absolute Gasteiger partial charge is 0.398 e. The molecule has 0 aromatic heterocycles. The smallest absolute Gasteiger partial charge is 0.238 e. The summed E-state index contributed by atoms with van der Waals surface area (Å²) in [5.74, 6) is -0.849. The minimum Gasteiger partial charge on any atom is -0.398 e. The van der Waals surface area contributed by atoms with E-state index in [1.807, 2.05) is 0 Å². The summed E-state index contributed by atoms with van der Waals surface area (Å²) in [5.41, 5.74) is 5.91. The topological polar surface area (TPSA) is 80.5 Å². The highest BCUT2D eigenvalue weighted by Crippen LogP contribution is 2.24. The third kappa shape index (κ3) is 4.20. The molecular weight excluding hydrogens is 356 g/mol. The molecule has 1 aliphatic rings. The number of hydrogen-bond acceptors (Lipinski definition) is 4. The quantitative estimate of drug-likeness (QED) is 0.822. The fourth-order valence-electron chi connectivity index (χ4n) is 2.45. The molecule has 0 spiro atoms. The van der Waals surface area contributed by atoms with E-state index in [1.165, 1.54) is 12.1 Å². The van der Waals surface area contributed by atoms with Gasteiger partial charge in [0.2, 0.25) is 5.91 Å². The number of sulfone groups is 1. The van der Waals surface area contributed by atoms with Crippen molar-refractivity contribution in [3.8, 4) is 0 Å². The highest BCUT2D eigenvalue weighted by molar-refractivity contribution is 9.10. The molecule has 1 amide bonds. The maximum Gasteiger partial charge on any atom is 0.238 e. The van der Waals surface area contributed by atoms with Gasteiger partial charge in [0.05, 0.1) is 10.6 Å². The van der Waals surface area contributed by atoms with Crippen molar-refractivity contribution in [2.75, 3.05) is 24.6 Å². The second kappa shape index (κ2) is 6.79. The molecule has 0 aliphatic carbocycles. The molecule has 1 aliphatic heterocycles. The van der Waals surface area contributed by atoms with Crippen LogP contribution in [0.1, 0.15) is 25.7 Å². The van der Waals surface area contributed by atoms with E-state index in [9.17, 15) is 13.2 Å². The molecular formula is C14H19BrN2O3S. The lowest BCUT2D eigenvalue weighted by atomic mass is 10.2. The van der Waals surface area contributed by atoms with Gasteiger partial charge in [-0.25, -0.2) is 8.42 Å². The van der Waals surface area contributed by atoms with E-state index in [1.54, 1.807) is 11.0 Å². The maximum absolute atomic E-state index is 12.4. The van der Waals surface area contributed by atoms with Crippen LogP contribution in [0.2, 0.25) is 0 Å². The summed E-state index contributed by atoms with van der Waals surface area (Å²) in [6.07, 6.45) is 4.06. The SMILES string of the molecule is Nc1cc(Br)ccc1S(=O)(=O)CC(=O)N1CCCCCC1. The Balaban J connectivity index is 2.14. The maximum atomic E-state index is 12.4. The number of nitrogen functional groups attached to an aromatic ring is 1. The Morgan fingerprint density at radius 2 is 1.81 bits per heavy atom. The van der Waals surface area contributed by atoms with Crippen molar-refractivity contribution in [3.63, 3.8) is 0 Å². The van der Waals surface area contributed by atoms with Crippen LogP contribution in [-0.4, -0.2) is 38.1 Å². The van der Waals surface area contributed by atoms with E-state index in [-0.39, 0.29) is 16.5 Å². The van der Waals surface area contributed by atoms with Gasteiger partial charge in [-0.3, -0.25) is 4.79 Å². The second-order valence-electron chi connectivity index (χ2n) is 5.24. The fraction of sp³-hybridized carbons (Fsp3) is 0.500. The average Bonchev–Trinajstić information content (AvgIpc) is 2.66. The molecule has 5 nitrogen and oxygen atoms in total. The molecule has 1 heterocycles. The molecule has 7 heteroatoms. The monoisotopic (exact) mass is 374 g/mol. The molecule has 1 saturated heterocycles. The molecule has 1 fully saturated rings. The molecule has 0 bridgehead atoms. The number of nitrogens with zero attached hydrogens (tertiary/aromatic N) is 1. The third-order valence-electron chi connectivity index (χ3n) is 3.58. The number of amides is 1. The minimum atomic E-state index is -3.71. The van der Waals surface area contributed by atoms with E-state index in [2.05, 4.69) is 15.9 Å². The van der Waals surface area contributed by atoms with Crippen molar-refractivity contribution in [3.05, 3.63) is 22.7 Å². The Kier molecular flexibility index (Phi) is 5.27. The first-order chi connectivity index (χ1) is 9.90. The van der Waals surface area contributed by atoms with Gasteiger partial charge in [-0.05, 0) is 31.0 Å². The first-order valence-corrected chi connectivity index (χ1v) is 9.40. The third-order valence-corrected chi connectivity index (χ3v) is 5.74. The van der Waals surface area contributed by atoms with Gasteiger partial charge in [0, 0.05) is 17.6 Å². The zero-order valence-electron chi connectivity index (χ0n) is 11.7. The van der Waals surface area contributed by atoms with Gasteiger partial charge in [0.25, 0.3) is 0 Å².